The van der Waals surface area contributed by atoms with Gasteiger partial charge in [-0.3, -0.25) is 0 Å². The van der Waals surface area contributed by atoms with Crippen molar-refractivity contribution in [3.8, 4) is 0 Å². The predicted molar refractivity (Wildman–Crippen MR) is 152 cm³/mol. The fourth-order valence-corrected chi connectivity index (χ4v) is 5.98. The van der Waals surface area contributed by atoms with Gasteiger partial charge in [0, 0.05) is 22.1 Å². The fraction of sp³-hybridized carbons (Fsp3) is 0.0588. The first-order valence-corrected chi connectivity index (χ1v) is 12.2. The van der Waals surface area contributed by atoms with Crippen molar-refractivity contribution in [3.63, 3.8) is 0 Å². The van der Waals surface area contributed by atoms with Gasteiger partial charge in [-0.25, -0.2) is 0 Å². The predicted octanol–water partition coefficient (Wildman–Crippen LogP) is 9.82. The molecule has 0 bridgehead atoms. The number of anilines is 3. The first-order chi connectivity index (χ1) is 17.2. The highest BCUT2D eigenvalue weighted by molar-refractivity contribution is 6.36. The van der Waals surface area contributed by atoms with Crippen molar-refractivity contribution in [1.29, 1.82) is 0 Å². The van der Waals surface area contributed by atoms with E-state index >= 15 is 0 Å². The molecule has 35 heavy (non-hydrogen) atoms. The minimum absolute atomic E-state index is 1.16. The van der Waals surface area contributed by atoms with Gasteiger partial charge in [0.15, 0.2) is 0 Å². The van der Waals surface area contributed by atoms with Crippen LogP contribution in [0.15, 0.2) is 115 Å². The molecule has 7 aromatic carbocycles. The number of para-hydroxylation sites is 2. The third-order valence-electron chi connectivity index (χ3n) is 7.42. The smallest absolute Gasteiger partial charge is 0.0540 e. The lowest BCUT2D eigenvalue weighted by Crippen LogP contribution is -2.10. The summed E-state index contributed by atoms with van der Waals surface area (Å²) in [6, 6.07) is 41.9. The highest BCUT2D eigenvalue weighted by Crippen LogP contribution is 2.47. The maximum atomic E-state index is 2.38. The second-order valence-corrected chi connectivity index (χ2v) is 9.48. The van der Waals surface area contributed by atoms with E-state index in [0.29, 0.717) is 0 Å². The summed E-state index contributed by atoms with van der Waals surface area (Å²) < 4.78 is 0. The van der Waals surface area contributed by atoms with Crippen LogP contribution in [0.3, 0.4) is 0 Å². The summed E-state index contributed by atoms with van der Waals surface area (Å²) in [5.41, 5.74) is 6.19. The minimum atomic E-state index is 1.16. The Labute approximate surface area is 205 Å². The maximum Gasteiger partial charge on any atom is 0.0540 e. The summed E-state index contributed by atoms with van der Waals surface area (Å²) in [7, 11) is 0. The Morgan fingerprint density at radius 1 is 0.400 bits per heavy atom. The van der Waals surface area contributed by atoms with Gasteiger partial charge in [-0.05, 0) is 87.6 Å². The van der Waals surface area contributed by atoms with Crippen LogP contribution >= 0.6 is 0 Å². The molecule has 7 rings (SSSR count). The highest BCUT2D eigenvalue weighted by Gasteiger charge is 2.21. The van der Waals surface area contributed by atoms with Crippen molar-refractivity contribution < 1.29 is 0 Å². The normalized spacial score (nSPS) is 11.7. The number of rotatable bonds is 3. The number of hydrogen-bond donors (Lipinski definition) is 0. The van der Waals surface area contributed by atoms with Crippen LogP contribution in [0.5, 0.6) is 0 Å². The maximum absolute atomic E-state index is 2.38. The zero-order valence-corrected chi connectivity index (χ0v) is 19.9. The molecule has 0 heterocycles. The Hall–Kier alpha value is -4.36. The molecule has 0 aliphatic heterocycles. The lowest BCUT2D eigenvalue weighted by molar-refractivity contribution is 1.30. The van der Waals surface area contributed by atoms with Gasteiger partial charge in [0.1, 0.15) is 0 Å². The third-order valence-corrected chi connectivity index (χ3v) is 7.42. The quantitative estimate of drug-likeness (QED) is 0.192. The molecule has 7 aromatic rings. The van der Waals surface area contributed by atoms with E-state index in [1.54, 1.807) is 0 Å². The topological polar surface area (TPSA) is 3.24 Å². The Kier molecular flexibility index (Phi) is 4.34. The molecule has 1 heteroatoms. The number of benzene rings is 7. The van der Waals surface area contributed by atoms with E-state index in [0.717, 1.165) is 11.4 Å². The van der Waals surface area contributed by atoms with E-state index in [1.165, 1.54) is 59.9 Å². The molecule has 0 aromatic heterocycles. The number of fused-ring (bicyclic) bond motifs is 3. The first kappa shape index (κ1) is 20.1. The van der Waals surface area contributed by atoms with E-state index in [-0.39, 0.29) is 0 Å². The number of aryl methyl sites for hydroxylation is 2. The fourth-order valence-electron chi connectivity index (χ4n) is 5.98. The second-order valence-electron chi connectivity index (χ2n) is 9.48. The second kappa shape index (κ2) is 7.58. The molecule has 0 fully saturated rings. The molecule has 0 aliphatic carbocycles. The average molecular weight is 448 g/mol. The molecular weight excluding hydrogens is 422 g/mol. The van der Waals surface area contributed by atoms with Gasteiger partial charge >= 0.3 is 0 Å². The Bertz CT molecular complexity index is 1810. The van der Waals surface area contributed by atoms with Crippen LogP contribution in [0.1, 0.15) is 11.1 Å². The van der Waals surface area contributed by atoms with Crippen LogP contribution in [0, 0.1) is 13.8 Å². The van der Waals surface area contributed by atoms with Gasteiger partial charge in [0.2, 0.25) is 0 Å². The summed E-state index contributed by atoms with van der Waals surface area (Å²) in [4.78, 5) is 2.38. The van der Waals surface area contributed by atoms with Crippen molar-refractivity contribution in [3.05, 3.63) is 126 Å². The largest absolute Gasteiger partial charge is 0.310 e. The van der Waals surface area contributed by atoms with Crippen LogP contribution < -0.4 is 4.90 Å². The Balaban J connectivity index is 1.68. The van der Waals surface area contributed by atoms with Gasteiger partial charge in [-0.2, -0.15) is 0 Å². The standard InChI is InChI=1S/C34H25N/c1-22-21-23(2)32-28-16-10-9-15-27(28)29-19-20-31(30-18-17-26(22)34(32)33(29)30)35(24-11-5-3-6-12-24)25-13-7-4-8-14-25/h3-21H,1-2H3. The summed E-state index contributed by atoms with van der Waals surface area (Å²) >= 11 is 0. The third kappa shape index (κ3) is 2.88. The molecule has 0 N–H and O–H groups in total. The monoisotopic (exact) mass is 447 g/mol. The van der Waals surface area contributed by atoms with Crippen LogP contribution in [0.25, 0.3) is 43.1 Å². The van der Waals surface area contributed by atoms with Crippen molar-refractivity contribution >= 4 is 60.2 Å². The lowest BCUT2D eigenvalue weighted by atomic mass is 9.85. The molecular formula is C34H25N. The Morgan fingerprint density at radius 3 is 1.63 bits per heavy atom. The molecule has 0 spiro atoms. The summed E-state index contributed by atoms with van der Waals surface area (Å²) in [6.07, 6.45) is 0. The van der Waals surface area contributed by atoms with Crippen molar-refractivity contribution in [2.24, 2.45) is 0 Å². The van der Waals surface area contributed by atoms with E-state index in [1.807, 2.05) is 0 Å². The Morgan fingerprint density at radius 2 is 0.943 bits per heavy atom. The average Bonchev–Trinajstić information content (AvgIpc) is 2.90. The highest BCUT2D eigenvalue weighted by atomic mass is 15.1. The van der Waals surface area contributed by atoms with Crippen molar-refractivity contribution in [2.75, 3.05) is 4.90 Å². The van der Waals surface area contributed by atoms with Crippen LogP contribution in [-0.4, -0.2) is 0 Å². The van der Waals surface area contributed by atoms with Gasteiger partial charge in [0.05, 0.1) is 5.69 Å². The summed E-state index contributed by atoms with van der Waals surface area (Å²) in [6.45, 7) is 4.49. The molecule has 1 nitrogen and oxygen atoms in total. The first-order valence-electron chi connectivity index (χ1n) is 12.2. The molecule has 0 amide bonds. The van der Waals surface area contributed by atoms with Gasteiger partial charge < -0.3 is 4.90 Å². The van der Waals surface area contributed by atoms with E-state index in [2.05, 4.69) is 134 Å². The molecule has 0 saturated heterocycles. The number of hydrogen-bond acceptors (Lipinski definition) is 1. The van der Waals surface area contributed by atoms with Gasteiger partial charge in [-0.1, -0.05) is 84.9 Å². The number of nitrogens with zero attached hydrogens (tertiary/aromatic N) is 1. The summed E-state index contributed by atoms with van der Waals surface area (Å²) in [5.74, 6) is 0. The molecule has 166 valence electrons. The van der Waals surface area contributed by atoms with Gasteiger partial charge in [0.25, 0.3) is 0 Å². The van der Waals surface area contributed by atoms with Crippen LogP contribution in [-0.2, 0) is 0 Å². The molecule has 0 atom stereocenters. The van der Waals surface area contributed by atoms with Crippen molar-refractivity contribution in [2.45, 2.75) is 13.8 Å². The van der Waals surface area contributed by atoms with E-state index in [9.17, 15) is 0 Å². The zero-order valence-electron chi connectivity index (χ0n) is 19.9. The molecule has 0 saturated carbocycles. The van der Waals surface area contributed by atoms with E-state index in [4.69, 9.17) is 0 Å². The van der Waals surface area contributed by atoms with Crippen LogP contribution in [0.2, 0.25) is 0 Å². The SMILES string of the molecule is Cc1cc(C)c2c3ccccc3c3ccc(N(c4ccccc4)c4ccccc4)c4ccc1c2c43. The summed E-state index contributed by atoms with van der Waals surface area (Å²) in [5, 5.41) is 10.7. The van der Waals surface area contributed by atoms with Crippen molar-refractivity contribution in [1.82, 2.24) is 0 Å². The molecule has 0 unspecified atom stereocenters. The molecule has 0 radical (unpaired) electrons. The van der Waals surface area contributed by atoms with E-state index < -0.39 is 0 Å². The minimum Gasteiger partial charge on any atom is -0.310 e. The lowest BCUT2D eigenvalue weighted by Gasteiger charge is -2.28. The zero-order chi connectivity index (χ0) is 23.5. The van der Waals surface area contributed by atoms with Gasteiger partial charge in [-0.15, -0.1) is 0 Å². The molecule has 0 aliphatic rings. The van der Waals surface area contributed by atoms with Crippen LogP contribution in [0.4, 0.5) is 17.1 Å².